The number of benzene rings is 1. The average Bonchev–Trinajstić information content (AvgIpc) is 2.50. The zero-order valence-corrected chi connectivity index (χ0v) is 12.2. The van der Waals surface area contributed by atoms with Crippen molar-refractivity contribution in [2.24, 2.45) is 5.16 Å². The lowest BCUT2D eigenvalue weighted by atomic mass is 10.2. The summed E-state index contributed by atoms with van der Waals surface area (Å²) >= 11 is 0. The highest BCUT2D eigenvalue weighted by molar-refractivity contribution is 5.84. The van der Waals surface area contributed by atoms with E-state index in [4.69, 9.17) is 25.8 Å². The third-order valence-electron chi connectivity index (χ3n) is 2.61. The third kappa shape index (κ3) is 3.72. The number of nitrogens with zero attached hydrogens (tertiary/aromatic N) is 4. The lowest BCUT2D eigenvalue weighted by Gasteiger charge is -2.09. The van der Waals surface area contributed by atoms with Gasteiger partial charge in [-0.15, -0.1) is 0 Å². The first-order valence-electron chi connectivity index (χ1n) is 6.26. The smallest absolute Gasteiger partial charge is 0.225 e. The monoisotopic (exact) mass is 304 g/mol. The zero-order chi connectivity index (χ0) is 15.9. The van der Waals surface area contributed by atoms with Gasteiger partial charge in [0.2, 0.25) is 11.9 Å². The fourth-order valence-electron chi connectivity index (χ4n) is 1.72. The van der Waals surface area contributed by atoms with Crippen LogP contribution in [0.5, 0.6) is 11.5 Å². The van der Waals surface area contributed by atoms with Gasteiger partial charge in [0.05, 0.1) is 20.4 Å². The van der Waals surface area contributed by atoms with Crippen LogP contribution in [0.1, 0.15) is 11.4 Å². The van der Waals surface area contributed by atoms with Crippen molar-refractivity contribution >= 4 is 18.1 Å². The Morgan fingerprint density at radius 2 is 1.82 bits per heavy atom. The number of para-hydroxylation sites is 1. The fraction of sp³-hybridized carbons (Fsp3) is 0.231. The van der Waals surface area contributed by atoms with Gasteiger partial charge in [0, 0.05) is 5.56 Å². The summed E-state index contributed by atoms with van der Waals surface area (Å²) in [4.78, 5) is 16.5. The Balaban J connectivity index is 2.04. The summed E-state index contributed by atoms with van der Waals surface area (Å²) < 4.78 is 10.5. The summed E-state index contributed by atoms with van der Waals surface area (Å²) in [5.41, 5.74) is 11.6. The van der Waals surface area contributed by atoms with Crippen molar-refractivity contribution in [1.29, 1.82) is 0 Å². The quantitative estimate of drug-likeness (QED) is 0.586. The van der Waals surface area contributed by atoms with Crippen molar-refractivity contribution in [3.63, 3.8) is 0 Å². The molecule has 0 atom stereocenters. The summed E-state index contributed by atoms with van der Waals surface area (Å²) in [5.74, 6) is 1.52. The van der Waals surface area contributed by atoms with Crippen LogP contribution < -0.4 is 20.9 Å². The molecular weight excluding hydrogens is 288 g/mol. The lowest BCUT2D eigenvalue weighted by molar-refractivity contribution is 0.126. The number of hydrogen-bond donors (Lipinski definition) is 2. The predicted octanol–water partition coefficient (Wildman–Crippen LogP) is 0.604. The Kier molecular flexibility index (Phi) is 4.91. The van der Waals surface area contributed by atoms with Crippen LogP contribution in [-0.2, 0) is 11.4 Å². The Hall–Kier alpha value is -3.10. The molecule has 0 amide bonds. The van der Waals surface area contributed by atoms with E-state index in [1.807, 2.05) is 12.1 Å². The largest absolute Gasteiger partial charge is 0.493 e. The molecule has 0 bridgehead atoms. The number of nitrogens with two attached hydrogens (primary N) is 2. The van der Waals surface area contributed by atoms with Crippen LogP contribution in [-0.4, -0.2) is 35.4 Å². The molecule has 0 saturated carbocycles. The molecule has 2 aromatic rings. The van der Waals surface area contributed by atoms with Gasteiger partial charge < -0.3 is 25.8 Å². The Labute approximate surface area is 126 Å². The molecule has 4 N–H and O–H groups in total. The van der Waals surface area contributed by atoms with Gasteiger partial charge in [-0.25, -0.2) is 0 Å². The SMILES string of the molecule is COc1cccc(/C=N/OCc2nc(N)nc(N)n2)c1OC. The summed E-state index contributed by atoms with van der Waals surface area (Å²) in [5, 5.41) is 3.84. The number of methoxy groups -OCH3 is 2. The molecule has 1 aromatic heterocycles. The molecule has 1 heterocycles. The molecule has 0 aliphatic rings. The molecule has 0 fully saturated rings. The topological polar surface area (TPSA) is 131 Å². The van der Waals surface area contributed by atoms with E-state index in [1.165, 1.54) is 6.21 Å². The molecule has 0 radical (unpaired) electrons. The second kappa shape index (κ2) is 7.07. The number of hydrogen-bond acceptors (Lipinski definition) is 9. The van der Waals surface area contributed by atoms with Gasteiger partial charge in [-0.2, -0.15) is 15.0 Å². The molecule has 9 heteroatoms. The Morgan fingerprint density at radius 3 is 2.45 bits per heavy atom. The number of aromatic nitrogens is 3. The van der Waals surface area contributed by atoms with Crippen molar-refractivity contribution in [1.82, 2.24) is 15.0 Å². The molecule has 0 unspecified atom stereocenters. The van der Waals surface area contributed by atoms with E-state index >= 15 is 0 Å². The summed E-state index contributed by atoms with van der Waals surface area (Å²) in [6, 6.07) is 5.41. The van der Waals surface area contributed by atoms with Gasteiger partial charge in [-0.1, -0.05) is 11.2 Å². The van der Waals surface area contributed by atoms with E-state index in [9.17, 15) is 0 Å². The van der Waals surface area contributed by atoms with E-state index in [1.54, 1.807) is 20.3 Å². The van der Waals surface area contributed by atoms with Crippen molar-refractivity contribution in [3.8, 4) is 11.5 Å². The number of ether oxygens (including phenoxy) is 2. The van der Waals surface area contributed by atoms with Crippen LogP contribution in [0.3, 0.4) is 0 Å². The maximum atomic E-state index is 5.46. The standard InChI is InChI=1S/C13H16N6O3/c1-20-9-5-3-4-8(11(9)21-2)6-16-22-7-10-17-12(14)19-13(15)18-10/h3-6H,7H2,1-2H3,(H4,14,15,17,18,19)/b16-6+. The maximum Gasteiger partial charge on any atom is 0.225 e. The second-order valence-corrected chi connectivity index (χ2v) is 4.06. The number of rotatable bonds is 6. The molecule has 22 heavy (non-hydrogen) atoms. The minimum atomic E-state index is 0.0136. The highest BCUT2D eigenvalue weighted by atomic mass is 16.6. The van der Waals surface area contributed by atoms with Gasteiger partial charge >= 0.3 is 0 Å². The molecule has 116 valence electrons. The first-order chi connectivity index (χ1) is 10.6. The highest BCUT2D eigenvalue weighted by Crippen LogP contribution is 2.29. The minimum absolute atomic E-state index is 0.0136. The first-order valence-corrected chi connectivity index (χ1v) is 6.26. The van der Waals surface area contributed by atoms with Gasteiger partial charge in [0.1, 0.15) is 0 Å². The van der Waals surface area contributed by atoms with Crippen LogP contribution in [0.4, 0.5) is 11.9 Å². The Bertz CT molecular complexity index is 657. The summed E-state index contributed by atoms with van der Waals surface area (Å²) in [6.07, 6.45) is 1.50. The Morgan fingerprint density at radius 1 is 1.09 bits per heavy atom. The van der Waals surface area contributed by atoms with E-state index < -0.39 is 0 Å². The zero-order valence-electron chi connectivity index (χ0n) is 12.2. The summed E-state index contributed by atoms with van der Waals surface area (Å²) in [7, 11) is 3.11. The van der Waals surface area contributed by atoms with Crippen molar-refractivity contribution < 1.29 is 14.3 Å². The van der Waals surface area contributed by atoms with E-state index in [2.05, 4.69) is 20.1 Å². The van der Waals surface area contributed by atoms with Gasteiger partial charge in [0.15, 0.2) is 23.9 Å². The fourth-order valence-corrected chi connectivity index (χ4v) is 1.72. The van der Waals surface area contributed by atoms with Crippen LogP contribution in [0.15, 0.2) is 23.4 Å². The molecule has 0 spiro atoms. The number of oxime groups is 1. The third-order valence-corrected chi connectivity index (χ3v) is 2.61. The van der Waals surface area contributed by atoms with E-state index in [0.717, 1.165) is 0 Å². The van der Waals surface area contributed by atoms with Crippen molar-refractivity contribution in [2.75, 3.05) is 25.7 Å². The predicted molar refractivity (Wildman–Crippen MR) is 80.6 cm³/mol. The van der Waals surface area contributed by atoms with Gasteiger partial charge in [-0.3, -0.25) is 0 Å². The van der Waals surface area contributed by atoms with Gasteiger partial charge in [0.25, 0.3) is 0 Å². The van der Waals surface area contributed by atoms with Gasteiger partial charge in [-0.05, 0) is 12.1 Å². The summed E-state index contributed by atoms with van der Waals surface area (Å²) in [6.45, 7) is 0.0136. The van der Waals surface area contributed by atoms with E-state index in [0.29, 0.717) is 22.9 Å². The second-order valence-electron chi connectivity index (χ2n) is 4.06. The van der Waals surface area contributed by atoms with E-state index in [-0.39, 0.29) is 18.5 Å². The minimum Gasteiger partial charge on any atom is -0.493 e. The number of nitrogen functional groups attached to an aromatic ring is 2. The molecule has 9 nitrogen and oxygen atoms in total. The first kappa shape index (κ1) is 15.3. The molecule has 0 aliphatic heterocycles. The molecule has 0 saturated heterocycles. The van der Waals surface area contributed by atoms with Crippen LogP contribution in [0, 0.1) is 0 Å². The van der Waals surface area contributed by atoms with Crippen LogP contribution >= 0.6 is 0 Å². The number of anilines is 2. The molecule has 2 rings (SSSR count). The maximum absolute atomic E-state index is 5.46. The highest BCUT2D eigenvalue weighted by Gasteiger charge is 2.07. The van der Waals surface area contributed by atoms with Crippen LogP contribution in [0.2, 0.25) is 0 Å². The molecule has 0 aliphatic carbocycles. The average molecular weight is 304 g/mol. The lowest BCUT2D eigenvalue weighted by Crippen LogP contribution is -2.07. The normalized spacial score (nSPS) is 10.6. The van der Waals surface area contributed by atoms with Crippen molar-refractivity contribution in [2.45, 2.75) is 6.61 Å². The molecular formula is C13H16N6O3. The van der Waals surface area contributed by atoms with Crippen LogP contribution in [0.25, 0.3) is 0 Å². The molecule has 1 aromatic carbocycles. The van der Waals surface area contributed by atoms with Crippen molar-refractivity contribution in [3.05, 3.63) is 29.6 Å².